The van der Waals surface area contributed by atoms with Crippen LogP contribution in [0.15, 0.2) is 72.9 Å². The molecule has 9 nitrogen and oxygen atoms in total. The lowest BCUT2D eigenvalue weighted by atomic mass is 10.1. The van der Waals surface area contributed by atoms with E-state index in [0.717, 1.165) is 44.9 Å². The maximum absolute atomic E-state index is 12.6. The highest BCUT2D eigenvalue weighted by Crippen LogP contribution is 2.43. The lowest BCUT2D eigenvalue weighted by Crippen LogP contribution is -2.29. The number of nitrogens with two attached hydrogens (primary N) is 1. The molecule has 0 radical (unpaired) electrons. The molecule has 10 heteroatoms. The van der Waals surface area contributed by atoms with Gasteiger partial charge in [0.2, 0.25) is 0 Å². The molecule has 0 spiro atoms. The van der Waals surface area contributed by atoms with Crippen LogP contribution in [0, 0.1) is 0 Å². The molecule has 0 aromatic carbocycles. The number of hydrogen-bond donors (Lipinski definition) is 2. The van der Waals surface area contributed by atoms with Crippen LogP contribution in [-0.2, 0) is 32.7 Å². The van der Waals surface area contributed by atoms with Crippen molar-refractivity contribution in [1.82, 2.24) is 0 Å². The largest absolute Gasteiger partial charge is 0.472 e. The van der Waals surface area contributed by atoms with Gasteiger partial charge >= 0.3 is 19.8 Å². The van der Waals surface area contributed by atoms with Gasteiger partial charge in [0.05, 0.1) is 13.2 Å². The summed E-state index contributed by atoms with van der Waals surface area (Å²) in [5, 5.41) is 0. The topological polar surface area (TPSA) is 134 Å². The molecule has 55 heavy (non-hydrogen) atoms. The van der Waals surface area contributed by atoms with Gasteiger partial charge in [0.1, 0.15) is 6.61 Å². The fourth-order valence-corrected chi connectivity index (χ4v) is 6.14. The van der Waals surface area contributed by atoms with E-state index < -0.39 is 32.5 Å². The SMILES string of the molecule is CCCCC/C=C/C/C=C/C/C=C/C/C=C/CCCC(=O)OC[C@H](COP(=O)(O)OCCN)OC(=O)CCC/C=C/C/C=C/CCCCCCCCCCC. The molecule has 0 aromatic rings. The van der Waals surface area contributed by atoms with Gasteiger partial charge in [-0.2, -0.15) is 0 Å². The fraction of sp³-hybridized carbons (Fsp3) is 0.689. The Hall–Kier alpha value is -2.55. The summed E-state index contributed by atoms with van der Waals surface area (Å²) in [5.74, 6) is -0.953. The molecule has 0 saturated carbocycles. The molecule has 0 fully saturated rings. The molecule has 3 N–H and O–H groups in total. The van der Waals surface area contributed by atoms with Crippen molar-refractivity contribution in [1.29, 1.82) is 0 Å². The number of unbranched alkanes of at least 4 members (excludes halogenated alkanes) is 14. The summed E-state index contributed by atoms with van der Waals surface area (Å²) in [5.41, 5.74) is 5.34. The van der Waals surface area contributed by atoms with Crippen LogP contribution in [0.1, 0.15) is 168 Å². The Morgan fingerprint density at radius 1 is 0.545 bits per heavy atom. The monoisotopic (exact) mass is 792 g/mol. The molecule has 0 bridgehead atoms. The summed E-state index contributed by atoms with van der Waals surface area (Å²) in [6.07, 6.45) is 49.5. The summed E-state index contributed by atoms with van der Waals surface area (Å²) in [6.45, 7) is 3.58. The first kappa shape index (κ1) is 52.5. The lowest BCUT2D eigenvalue weighted by molar-refractivity contribution is -0.161. The molecule has 0 aliphatic rings. The van der Waals surface area contributed by atoms with E-state index >= 15 is 0 Å². The maximum atomic E-state index is 12.6. The van der Waals surface area contributed by atoms with Crippen molar-refractivity contribution in [3.8, 4) is 0 Å². The van der Waals surface area contributed by atoms with Gasteiger partial charge in [-0.15, -0.1) is 0 Å². The number of carbonyl (C=O) groups is 2. The van der Waals surface area contributed by atoms with Crippen LogP contribution in [0.5, 0.6) is 0 Å². The Labute approximate surface area is 335 Å². The Morgan fingerprint density at radius 2 is 0.945 bits per heavy atom. The first-order valence-electron chi connectivity index (χ1n) is 21.4. The van der Waals surface area contributed by atoms with Crippen LogP contribution in [0.4, 0.5) is 0 Å². The average Bonchev–Trinajstić information content (AvgIpc) is 3.17. The third kappa shape index (κ3) is 40.9. The minimum absolute atomic E-state index is 0.0368. The number of allylic oxidation sites excluding steroid dienone is 12. The predicted molar refractivity (Wildman–Crippen MR) is 229 cm³/mol. The number of phosphoric acid groups is 1. The smallest absolute Gasteiger partial charge is 0.462 e. The van der Waals surface area contributed by atoms with Gasteiger partial charge in [-0.3, -0.25) is 18.6 Å². The molecule has 2 atom stereocenters. The first-order valence-corrected chi connectivity index (χ1v) is 22.9. The molecular formula is C45H78NO8P. The van der Waals surface area contributed by atoms with Crippen LogP contribution in [-0.4, -0.2) is 49.3 Å². The molecule has 0 aromatic heterocycles. The van der Waals surface area contributed by atoms with E-state index in [-0.39, 0.29) is 32.6 Å². The van der Waals surface area contributed by atoms with Crippen molar-refractivity contribution >= 4 is 19.8 Å². The quantitative estimate of drug-likeness (QED) is 0.0270. The normalized spacial score (nSPS) is 14.0. The molecule has 316 valence electrons. The molecular weight excluding hydrogens is 713 g/mol. The second kappa shape index (κ2) is 41.1. The van der Waals surface area contributed by atoms with Gasteiger partial charge in [-0.05, 0) is 77.0 Å². The third-order valence-corrected chi connectivity index (χ3v) is 9.55. The average molecular weight is 792 g/mol. The summed E-state index contributed by atoms with van der Waals surface area (Å²) in [6, 6.07) is 0. The standard InChI is InChI=1S/C45H78NO8P/c1-3-5-7-9-11-13-15-17-19-21-23-25-27-29-31-33-35-37-44(47)51-41-43(42-53-55(49,50)52-40-39-46)54-45(48)38-36-34-32-30-28-26-24-22-20-18-16-14-12-10-8-6-4-2/h11,13,17,19,23-26,29-32,43H,3-10,12,14-16,18,20-22,27-28,33-42,46H2,1-2H3,(H,49,50)/b13-11+,19-17+,25-23+,26-24+,31-29+,32-30+/t43-/m1/s1. The minimum Gasteiger partial charge on any atom is -0.462 e. The van der Waals surface area contributed by atoms with Gasteiger partial charge in [0.15, 0.2) is 6.10 Å². The minimum atomic E-state index is -4.40. The van der Waals surface area contributed by atoms with Crippen molar-refractivity contribution in [3.63, 3.8) is 0 Å². The van der Waals surface area contributed by atoms with E-state index in [2.05, 4.69) is 80.7 Å². The van der Waals surface area contributed by atoms with E-state index in [9.17, 15) is 19.0 Å². The second-order valence-corrected chi connectivity index (χ2v) is 15.3. The van der Waals surface area contributed by atoms with Gasteiger partial charge in [-0.1, -0.05) is 151 Å². The number of esters is 2. The Kier molecular flexibility index (Phi) is 39.2. The summed E-state index contributed by atoms with van der Waals surface area (Å²) in [7, 11) is -4.40. The van der Waals surface area contributed by atoms with E-state index in [0.29, 0.717) is 12.8 Å². The van der Waals surface area contributed by atoms with Gasteiger partial charge in [0, 0.05) is 19.4 Å². The van der Waals surface area contributed by atoms with Gasteiger partial charge in [-0.25, -0.2) is 4.57 Å². The summed E-state index contributed by atoms with van der Waals surface area (Å²) < 4.78 is 32.6. The van der Waals surface area contributed by atoms with Crippen LogP contribution >= 0.6 is 7.82 Å². The number of phosphoric ester groups is 1. The number of ether oxygens (including phenoxy) is 2. The van der Waals surface area contributed by atoms with Crippen LogP contribution in [0.3, 0.4) is 0 Å². The number of rotatable bonds is 39. The van der Waals surface area contributed by atoms with Crippen LogP contribution in [0.25, 0.3) is 0 Å². The van der Waals surface area contributed by atoms with E-state index in [4.69, 9.17) is 24.3 Å². The van der Waals surface area contributed by atoms with Crippen LogP contribution < -0.4 is 5.73 Å². The number of carbonyl (C=O) groups excluding carboxylic acids is 2. The van der Waals surface area contributed by atoms with Gasteiger partial charge < -0.3 is 20.1 Å². The van der Waals surface area contributed by atoms with Crippen LogP contribution in [0.2, 0.25) is 0 Å². The molecule has 0 rings (SSSR count). The Bertz CT molecular complexity index is 1130. The zero-order valence-electron chi connectivity index (χ0n) is 34.6. The van der Waals surface area contributed by atoms with E-state index in [1.165, 1.54) is 83.5 Å². The Morgan fingerprint density at radius 3 is 1.44 bits per heavy atom. The summed E-state index contributed by atoms with van der Waals surface area (Å²) in [4.78, 5) is 34.8. The zero-order chi connectivity index (χ0) is 40.3. The first-order chi connectivity index (χ1) is 26.8. The van der Waals surface area contributed by atoms with Crippen molar-refractivity contribution in [2.24, 2.45) is 5.73 Å². The number of hydrogen-bond acceptors (Lipinski definition) is 8. The van der Waals surface area contributed by atoms with Crippen molar-refractivity contribution in [2.75, 3.05) is 26.4 Å². The highest BCUT2D eigenvalue weighted by Gasteiger charge is 2.25. The highest BCUT2D eigenvalue weighted by molar-refractivity contribution is 7.47. The molecule has 0 aliphatic carbocycles. The summed E-state index contributed by atoms with van der Waals surface area (Å²) >= 11 is 0. The van der Waals surface area contributed by atoms with Crippen molar-refractivity contribution < 1.29 is 37.6 Å². The third-order valence-electron chi connectivity index (χ3n) is 8.56. The highest BCUT2D eigenvalue weighted by atomic mass is 31.2. The van der Waals surface area contributed by atoms with E-state index in [1.54, 1.807) is 0 Å². The molecule has 0 saturated heterocycles. The fourth-order valence-electron chi connectivity index (χ4n) is 5.37. The Balaban J connectivity index is 4.34. The lowest BCUT2D eigenvalue weighted by Gasteiger charge is -2.19. The molecule has 1 unspecified atom stereocenters. The predicted octanol–water partition coefficient (Wildman–Crippen LogP) is 12.3. The van der Waals surface area contributed by atoms with Crippen molar-refractivity contribution in [2.45, 2.75) is 174 Å². The van der Waals surface area contributed by atoms with Gasteiger partial charge in [0.25, 0.3) is 0 Å². The molecule has 0 amide bonds. The second-order valence-electron chi connectivity index (χ2n) is 13.8. The van der Waals surface area contributed by atoms with E-state index in [1.807, 2.05) is 6.08 Å². The molecule has 0 aliphatic heterocycles. The van der Waals surface area contributed by atoms with Crippen molar-refractivity contribution in [3.05, 3.63) is 72.9 Å². The zero-order valence-corrected chi connectivity index (χ0v) is 35.5. The molecule has 0 heterocycles. The maximum Gasteiger partial charge on any atom is 0.472 e.